The second-order valence-electron chi connectivity index (χ2n) is 11.8. The van der Waals surface area contributed by atoms with Crippen molar-refractivity contribution in [3.05, 3.63) is 0 Å². The van der Waals surface area contributed by atoms with Crippen LogP contribution in [0.4, 0.5) is 0 Å². The van der Waals surface area contributed by atoms with Gasteiger partial charge in [-0.3, -0.25) is 9.69 Å². The van der Waals surface area contributed by atoms with E-state index in [1.165, 1.54) is 0 Å². The Morgan fingerprint density at radius 2 is 1.38 bits per heavy atom. The fourth-order valence-corrected chi connectivity index (χ4v) is 3.12. The molecule has 0 fully saturated rings. The molecule has 204 valence electrons. The maximum Gasteiger partial charge on any atom is 0.323 e. The van der Waals surface area contributed by atoms with Gasteiger partial charge in [-0.25, -0.2) is 0 Å². The number of carbonyl (C=O) groups excluding carboxylic acids is 1. The van der Waals surface area contributed by atoms with Crippen LogP contribution in [0.5, 0.6) is 0 Å². The number of hydrogen-bond acceptors (Lipinski definition) is 7. The first-order valence-corrected chi connectivity index (χ1v) is 12.7. The molecule has 4 unspecified atom stereocenters. The van der Waals surface area contributed by atoms with E-state index >= 15 is 0 Å². The van der Waals surface area contributed by atoms with E-state index in [1.54, 1.807) is 0 Å². The van der Waals surface area contributed by atoms with Crippen LogP contribution in [0.25, 0.3) is 0 Å². The molecule has 0 aliphatic rings. The summed E-state index contributed by atoms with van der Waals surface area (Å²) >= 11 is 0. The number of nitrogens with zero attached hydrogens (tertiary/aromatic N) is 1. The van der Waals surface area contributed by atoms with Gasteiger partial charge in [0.15, 0.2) is 0 Å². The molecule has 0 amide bonds. The van der Waals surface area contributed by atoms with Gasteiger partial charge in [0.1, 0.15) is 12.6 Å². The SMILES string of the molecule is CC(C)OCC(C)C(C)(C)OC(C)C(C)C(C)(C)OCC(C)(C)OCCOC(=O)C(C)N(C)C. The van der Waals surface area contributed by atoms with Crippen molar-refractivity contribution in [2.24, 2.45) is 11.8 Å². The van der Waals surface area contributed by atoms with E-state index in [-0.39, 0.29) is 48.3 Å². The first-order valence-electron chi connectivity index (χ1n) is 12.7. The Morgan fingerprint density at radius 3 is 1.88 bits per heavy atom. The van der Waals surface area contributed by atoms with Crippen molar-refractivity contribution in [2.75, 3.05) is 40.5 Å². The highest BCUT2D eigenvalue weighted by molar-refractivity contribution is 5.75. The van der Waals surface area contributed by atoms with Gasteiger partial charge in [0.2, 0.25) is 0 Å². The first-order chi connectivity index (χ1) is 15.3. The zero-order valence-corrected chi connectivity index (χ0v) is 24.6. The molecule has 0 heterocycles. The fourth-order valence-electron chi connectivity index (χ4n) is 3.12. The average Bonchev–Trinajstić information content (AvgIpc) is 2.71. The van der Waals surface area contributed by atoms with Crippen molar-refractivity contribution >= 4 is 5.97 Å². The number of hydrogen-bond donors (Lipinski definition) is 0. The van der Waals surface area contributed by atoms with Gasteiger partial charge in [-0.1, -0.05) is 13.8 Å². The summed E-state index contributed by atoms with van der Waals surface area (Å²) in [5.74, 6) is 0.157. The van der Waals surface area contributed by atoms with Gasteiger partial charge in [-0.2, -0.15) is 0 Å². The predicted octanol–water partition coefficient (Wildman–Crippen LogP) is 4.95. The molecule has 0 aromatic carbocycles. The fraction of sp³-hybridized carbons (Fsp3) is 0.963. The number of esters is 1. The molecule has 0 rings (SSSR count). The molecule has 7 heteroatoms. The van der Waals surface area contributed by atoms with Crippen LogP contribution < -0.4 is 0 Å². The molecule has 0 aliphatic carbocycles. The minimum Gasteiger partial charge on any atom is -0.462 e. The first kappa shape index (κ1) is 33.3. The molecule has 0 aliphatic heterocycles. The third-order valence-electron chi connectivity index (χ3n) is 6.88. The molecule has 34 heavy (non-hydrogen) atoms. The van der Waals surface area contributed by atoms with Crippen LogP contribution in [0.1, 0.15) is 83.1 Å². The van der Waals surface area contributed by atoms with E-state index in [0.717, 1.165) is 0 Å². The Hall–Kier alpha value is -0.730. The minimum absolute atomic E-state index is 0.00590. The van der Waals surface area contributed by atoms with E-state index in [9.17, 15) is 4.79 Å². The topological polar surface area (TPSA) is 66.5 Å². The number of rotatable bonds is 17. The Bertz CT molecular complexity index is 588. The predicted molar refractivity (Wildman–Crippen MR) is 138 cm³/mol. The third-order valence-corrected chi connectivity index (χ3v) is 6.88. The van der Waals surface area contributed by atoms with E-state index < -0.39 is 11.2 Å². The Morgan fingerprint density at radius 1 is 0.824 bits per heavy atom. The summed E-state index contributed by atoms with van der Waals surface area (Å²) in [6, 6.07) is -0.279. The van der Waals surface area contributed by atoms with Crippen molar-refractivity contribution in [2.45, 2.75) is 118 Å². The second-order valence-corrected chi connectivity index (χ2v) is 11.8. The summed E-state index contributed by atoms with van der Waals surface area (Å²) in [4.78, 5) is 13.8. The molecule has 0 saturated carbocycles. The highest BCUT2D eigenvalue weighted by Crippen LogP contribution is 2.32. The summed E-state index contributed by atoms with van der Waals surface area (Å²) in [6.07, 6.45) is 0.204. The molecule has 0 aromatic rings. The lowest BCUT2D eigenvalue weighted by molar-refractivity contribution is -0.183. The number of likely N-dealkylation sites (N-methyl/N-ethyl adjacent to an activating group) is 1. The third kappa shape index (κ3) is 12.3. The van der Waals surface area contributed by atoms with Crippen molar-refractivity contribution in [3.8, 4) is 0 Å². The Kier molecular flexibility index (Phi) is 13.8. The summed E-state index contributed by atoms with van der Waals surface area (Å²) in [5.41, 5.74) is -1.24. The molecule has 0 spiro atoms. The molecule has 0 aromatic heterocycles. The van der Waals surface area contributed by atoms with Crippen LogP contribution >= 0.6 is 0 Å². The molecule has 0 saturated heterocycles. The molecule has 0 radical (unpaired) electrons. The van der Waals surface area contributed by atoms with Crippen LogP contribution in [0.15, 0.2) is 0 Å². The monoisotopic (exact) mass is 489 g/mol. The minimum atomic E-state index is -0.511. The van der Waals surface area contributed by atoms with Gasteiger partial charge in [-0.05, 0) is 83.3 Å². The van der Waals surface area contributed by atoms with Crippen LogP contribution in [-0.2, 0) is 28.5 Å². The van der Waals surface area contributed by atoms with Crippen molar-refractivity contribution < 1.29 is 28.5 Å². The molecule has 7 nitrogen and oxygen atoms in total. The zero-order valence-electron chi connectivity index (χ0n) is 24.6. The van der Waals surface area contributed by atoms with Gasteiger partial charge in [-0.15, -0.1) is 0 Å². The number of ether oxygens (including phenoxy) is 5. The van der Waals surface area contributed by atoms with Gasteiger partial charge in [0.25, 0.3) is 0 Å². The number of carbonyl (C=O) groups is 1. The summed E-state index contributed by atoms with van der Waals surface area (Å²) in [7, 11) is 3.70. The maximum absolute atomic E-state index is 11.9. The lowest BCUT2D eigenvalue weighted by Gasteiger charge is -2.42. The summed E-state index contributed by atoms with van der Waals surface area (Å²) in [6.45, 7) is 26.4. The lowest BCUT2D eigenvalue weighted by Crippen LogP contribution is -2.47. The molecule has 0 bridgehead atoms. The lowest BCUT2D eigenvalue weighted by atomic mass is 9.86. The van der Waals surface area contributed by atoms with Gasteiger partial charge in [0.05, 0.1) is 48.8 Å². The standard InChI is InChI=1S/C27H55NO6/c1-19(2)31-17-20(3)26(9,10)34-23(6)21(4)27(11,12)33-18-25(7,8)32-16-15-30-24(29)22(5)28(13)14/h19-23H,15-18H2,1-14H3. The Labute approximate surface area is 210 Å². The van der Waals surface area contributed by atoms with E-state index in [1.807, 2.05) is 39.8 Å². The smallest absolute Gasteiger partial charge is 0.323 e. The maximum atomic E-state index is 11.9. The Balaban J connectivity index is 4.68. The van der Waals surface area contributed by atoms with Gasteiger partial charge in [0, 0.05) is 11.8 Å². The second kappa shape index (κ2) is 14.1. The van der Waals surface area contributed by atoms with Crippen molar-refractivity contribution in [3.63, 3.8) is 0 Å². The summed E-state index contributed by atoms with van der Waals surface area (Å²) < 4.78 is 29.9. The van der Waals surface area contributed by atoms with Crippen LogP contribution in [0.3, 0.4) is 0 Å². The van der Waals surface area contributed by atoms with E-state index in [0.29, 0.717) is 19.8 Å². The zero-order chi connectivity index (χ0) is 26.9. The highest BCUT2D eigenvalue weighted by Gasteiger charge is 2.37. The van der Waals surface area contributed by atoms with Crippen LogP contribution in [-0.4, -0.2) is 86.4 Å². The van der Waals surface area contributed by atoms with Crippen molar-refractivity contribution in [1.82, 2.24) is 4.90 Å². The molecular formula is C27H55NO6. The summed E-state index contributed by atoms with van der Waals surface area (Å²) in [5, 5.41) is 0. The normalized spacial score (nSPS) is 17.1. The molecule has 4 atom stereocenters. The highest BCUT2D eigenvalue weighted by atomic mass is 16.6. The largest absolute Gasteiger partial charge is 0.462 e. The van der Waals surface area contributed by atoms with Gasteiger partial charge < -0.3 is 23.7 Å². The quantitative estimate of drug-likeness (QED) is 0.211. The van der Waals surface area contributed by atoms with Crippen LogP contribution in [0.2, 0.25) is 0 Å². The van der Waals surface area contributed by atoms with Crippen molar-refractivity contribution in [1.29, 1.82) is 0 Å². The van der Waals surface area contributed by atoms with Gasteiger partial charge >= 0.3 is 5.97 Å². The van der Waals surface area contributed by atoms with E-state index in [2.05, 4.69) is 62.3 Å². The van der Waals surface area contributed by atoms with Crippen LogP contribution in [0, 0.1) is 11.8 Å². The molecular weight excluding hydrogens is 434 g/mol. The molecule has 0 N–H and O–H groups in total. The average molecular weight is 490 g/mol. The van der Waals surface area contributed by atoms with E-state index in [4.69, 9.17) is 23.7 Å².